The van der Waals surface area contributed by atoms with Crippen molar-refractivity contribution in [2.24, 2.45) is 15.4 Å². The fourth-order valence-electron chi connectivity index (χ4n) is 0.219. The Balaban J connectivity index is 4.04. The van der Waals surface area contributed by atoms with Gasteiger partial charge in [0.1, 0.15) is 5.84 Å². The third kappa shape index (κ3) is 1.88. The highest BCUT2D eigenvalue weighted by Crippen LogP contribution is 1.72. The Morgan fingerprint density at radius 3 is 2.25 bits per heavy atom. The Kier molecular flexibility index (Phi) is 3.10. The molecule has 4 heteroatoms. The molecule has 3 radical (unpaired) electrons. The maximum absolute atomic E-state index is 5.32. The van der Waals surface area contributed by atoms with E-state index < -0.39 is 0 Å². The molecule has 8 heavy (non-hydrogen) atoms. The van der Waals surface area contributed by atoms with Gasteiger partial charge in [-0.2, -0.15) is 0 Å². The van der Waals surface area contributed by atoms with Crippen LogP contribution < -0.4 is 5.73 Å². The smallest absolute Gasteiger partial charge is 0.221 e. The summed E-state index contributed by atoms with van der Waals surface area (Å²) in [6.45, 7) is 1.77. The molecule has 0 aromatic heterocycles. The average Bonchev–Trinajstić information content (AvgIpc) is 1.84. The molecule has 0 saturated carbocycles. The van der Waals surface area contributed by atoms with Crippen LogP contribution >= 0.6 is 0 Å². The Morgan fingerprint density at radius 1 is 1.62 bits per heavy atom. The highest BCUT2D eigenvalue weighted by atomic mass is 28.2. The predicted octanol–water partition coefficient (Wildman–Crippen LogP) is -0.482. The highest BCUT2D eigenvalue weighted by Gasteiger charge is 1.89. The summed E-state index contributed by atoms with van der Waals surface area (Å²) in [6.07, 6.45) is 0. The third-order valence-electron chi connectivity index (χ3n) is 0.779. The first-order chi connectivity index (χ1) is 3.72. The summed E-state index contributed by atoms with van der Waals surface area (Å²) in [5.41, 5.74) is 6.01. The number of nitrogens with zero attached hydrogens (tertiary/aromatic N) is 2. The summed E-state index contributed by atoms with van der Waals surface area (Å²) in [6, 6.07) is 0. The van der Waals surface area contributed by atoms with Crippen molar-refractivity contribution in [3.63, 3.8) is 0 Å². The van der Waals surface area contributed by atoms with E-state index >= 15 is 0 Å². The number of amidine groups is 1. The lowest BCUT2D eigenvalue weighted by Gasteiger charge is -1.92. The predicted molar refractivity (Wildman–Crippen MR) is 36.4 cm³/mol. The van der Waals surface area contributed by atoms with Crippen molar-refractivity contribution in [2.75, 3.05) is 7.05 Å². The second-order valence-electron chi connectivity index (χ2n) is 1.31. The molecular formula is C4H8N3Si. The van der Waals surface area contributed by atoms with Crippen LogP contribution in [0.4, 0.5) is 0 Å². The van der Waals surface area contributed by atoms with E-state index in [0.717, 1.165) is 0 Å². The molecule has 0 unspecified atom stereocenters. The molecule has 0 amide bonds. The van der Waals surface area contributed by atoms with Gasteiger partial charge in [0.2, 0.25) is 10.4 Å². The lowest BCUT2D eigenvalue weighted by atomic mass is 10.4. The maximum Gasteiger partial charge on any atom is 0.221 e. The fourth-order valence-corrected chi connectivity index (χ4v) is 0.334. The van der Waals surface area contributed by atoms with E-state index in [2.05, 4.69) is 20.1 Å². The van der Waals surface area contributed by atoms with E-state index in [9.17, 15) is 0 Å². The van der Waals surface area contributed by atoms with Crippen molar-refractivity contribution < 1.29 is 0 Å². The molecule has 0 heterocycles. The molecule has 0 rings (SSSR count). The van der Waals surface area contributed by atoms with Crippen LogP contribution in [0.1, 0.15) is 6.92 Å². The molecule has 3 nitrogen and oxygen atoms in total. The van der Waals surface area contributed by atoms with Crippen molar-refractivity contribution in [3.8, 4) is 0 Å². The molecule has 0 aliphatic heterocycles. The van der Waals surface area contributed by atoms with Crippen molar-refractivity contribution in [1.29, 1.82) is 0 Å². The second kappa shape index (κ2) is 3.37. The summed E-state index contributed by atoms with van der Waals surface area (Å²) < 4.78 is 3.63. The number of hydrogen-bond donors (Lipinski definition) is 1. The lowest BCUT2D eigenvalue weighted by molar-refractivity contribution is 1.42. The Bertz CT molecular complexity index is 111. The molecule has 2 N–H and O–H groups in total. The van der Waals surface area contributed by atoms with Gasteiger partial charge in [-0.25, -0.2) is 0 Å². The van der Waals surface area contributed by atoms with E-state index in [1.807, 2.05) is 0 Å². The normalized spacial score (nSPS) is 14.4. The van der Waals surface area contributed by atoms with Gasteiger partial charge in [-0.15, -0.1) is 0 Å². The molecular weight excluding hydrogens is 118 g/mol. The first-order valence-corrected chi connectivity index (χ1v) is 2.60. The van der Waals surface area contributed by atoms with Gasteiger partial charge in [0.25, 0.3) is 0 Å². The van der Waals surface area contributed by atoms with E-state index in [4.69, 9.17) is 5.73 Å². The van der Waals surface area contributed by atoms with E-state index in [1.165, 1.54) is 0 Å². The Hall–Kier alpha value is -0.643. The van der Waals surface area contributed by atoms with Crippen LogP contribution in [-0.4, -0.2) is 29.0 Å². The summed E-state index contributed by atoms with van der Waals surface area (Å²) in [7, 11) is 4.55. The molecule has 0 aromatic carbocycles. The minimum Gasteiger partial charge on any atom is -0.383 e. The first-order valence-electron chi connectivity index (χ1n) is 2.16. The summed E-state index contributed by atoms with van der Waals surface area (Å²) in [5, 5.41) is 0. The summed E-state index contributed by atoms with van der Waals surface area (Å²) in [5.74, 6) is 0.458. The first kappa shape index (κ1) is 7.36. The van der Waals surface area contributed by atoms with Crippen LogP contribution in [0.2, 0.25) is 0 Å². The summed E-state index contributed by atoms with van der Waals surface area (Å²) in [4.78, 5) is 3.69. The lowest BCUT2D eigenvalue weighted by Crippen LogP contribution is -2.20. The zero-order chi connectivity index (χ0) is 6.57. The van der Waals surface area contributed by atoms with Gasteiger partial charge < -0.3 is 10.4 Å². The molecule has 0 atom stereocenters. The Morgan fingerprint density at radius 2 is 2.12 bits per heavy atom. The van der Waals surface area contributed by atoms with Gasteiger partial charge in [-0.1, -0.05) is 0 Å². The van der Waals surface area contributed by atoms with Crippen LogP contribution in [0, 0.1) is 0 Å². The average molecular weight is 126 g/mol. The highest BCUT2D eigenvalue weighted by molar-refractivity contribution is 6.42. The van der Waals surface area contributed by atoms with E-state index in [-0.39, 0.29) is 0 Å². The largest absolute Gasteiger partial charge is 0.383 e. The van der Waals surface area contributed by atoms with E-state index in [0.29, 0.717) is 11.5 Å². The number of rotatable bonds is 1. The molecule has 0 aromatic rings. The van der Waals surface area contributed by atoms with Crippen LogP contribution in [0.25, 0.3) is 0 Å². The van der Waals surface area contributed by atoms with Crippen LogP contribution in [0.3, 0.4) is 0 Å². The van der Waals surface area contributed by atoms with Gasteiger partial charge in [-0.3, -0.25) is 4.99 Å². The minimum atomic E-state index is 0.458. The van der Waals surface area contributed by atoms with Crippen LogP contribution in [0.5, 0.6) is 0 Å². The zero-order valence-corrected chi connectivity index (χ0v) is 5.97. The monoisotopic (exact) mass is 126 g/mol. The number of nitrogens with two attached hydrogens (primary N) is 1. The molecule has 0 saturated heterocycles. The Labute approximate surface area is 52.2 Å². The number of aliphatic imine (C=N–C) groups is 1. The topological polar surface area (TPSA) is 50.7 Å². The van der Waals surface area contributed by atoms with Crippen LogP contribution in [0.15, 0.2) is 9.65 Å². The second-order valence-corrected chi connectivity index (χ2v) is 1.53. The van der Waals surface area contributed by atoms with Gasteiger partial charge in [0.05, 0.1) is 5.71 Å². The standard InChI is InChI=1S/C4H8N3Si/c1-3(7-8)4(5)6-2/h1-2H3,(H2,5,6). The quantitative estimate of drug-likeness (QED) is 0.288. The molecule has 43 valence electrons. The molecule has 0 aliphatic rings. The van der Waals surface area contributed by atoms with Gasteiger partial charge >= 0.3 is 0 Å². The van der Waals surface area contributed by atoms with Crippen molar-refractivity contribution in [2.45, 2.75) is 6.92 Å². The molecule has 0 bridgehead atoms. The minimum absolute atomic E-state index is 0.458. The maximum atomic E-state index is 5.32. The SMILES string of the molecule is CN=C(N)C(C)=N[Si]. The molecule has 0 spiro atoms. The van der Waals surface area contributed by atoms with Crippen molar-refractivity contribution in [3.05, 3.63) is 0 Å². The van der Waals surface area contributed by atoms with Gasteiger partial charge in [0, 0.05) is 7.05 Å². The molecule has 0 fully saturated rings. The fraction of sp³-hybridized carbons (Fsp3) is 0.500. The summed E-state index contributed by atoms with van der Waals surface area (Å²) >= 11 is 0. The van der Waals surface area contributed by atoms with E-state index in [1.54, 1.807) is 14.0 Å². The number of hydrogen-bond acceptors (Lipinski definition) is 2. The third-order valence-corrected chi connectivity index (χ3v) is 1.11. The zero-order valence-electron chi connectivity index (χ0n) is 4.97. The molecule has 0 aliphatic carbocycles. The van der Waals surface area contributed by atoms with Crippen molar-refractivity contribution >= 4 is 22.0 Å². The van der Waals surface area contributed by atoms with Gasteiger partial charge in [0.15, 0.2) is 0 Å². The van der Waals surface area contributed by atoms with Crippen LogP contribution in [-0.2, 0) is 0 Å². The van der Waals surface area contributed by atoms with Gasteiger partial charge in [-0.05, 0) is 6.92 Å². The van der Waals surface area contributed by atoms with Crippen molar-refractivity contribution in [1.82, 2.24) is 0 Å².